The van der Waals surface area contributed by atoms with E-state index in [0.717, 1.165) is 5.56 Å². The lowest BCUT2D eigenvalue weighted by Crippen LogP contribution is -2.00. The average Bonchev–Trinajstić information content (AvgIpc) is 2.19. The number of nitrogens with zero attached hydrogens (tertiary/aromatic N) is 1. The molecule has 72 valence electrons. The number of halogens is 1. The van der Waals surface area contributed by atoms with E-state index in [1.807, 2.05) is 6.92 Å². The fourth-order valence-corrected chi connectivity index (χ4v) is 1.51. The number of rotatable bonds is 3. The first-order valence-corrected chi connectivity index (χ1v) is 5.41. The van der Waals surface area contributed by atoms with Crippen molar-refractivity contribution in [3.05, 3.63) is 34.9 Å². The van der Waals surface area contributed by atoms with E-state index in [1.165, 1.54) is 0 Å². The Hall–Kier alpha value is -1.14. The minimum absolute atomic E-state index is 0.0679. The zero-order chi connectivity index (χ0) is 10.6. The van der Waals surface area contributed by atoms with E-state index in [9.17, 15) is 4.79 Å². The molecule has 1 aromatic carbocycles. The molecule has 0 aliphatic heterocycles. The van der Waals surface area contributed by atoms with Crippen molar-refractivity contribution in [2.75, 3.05) is 5.33 Å². The Bertz CT molecular complexity index is 393. The van der Waals surface area contributed by atoms with Gasteiger partial charge in [-0.3, -0.25) is 4.79 Å². The number of nitriles is 1. The Balaban J connectivity index is 3.02. The summed E-state index contributed by atoms with van der Waals surface area (Å²) in [7, 11) is 0. The van der Waals surface area contributed by atoms with E-state index in [0.29, 0.717) is 22.9 Å². The van der Waals surface area contributed by atoms with Gasteiger partial charge in [-0.1, -0.05) is 28.1 Å². The highest BCUT2D eigenvalue weighted by Crippen LogP contribution is 2.12. The first-order chi connectivity index (χ1) is 6.69. The monoisotopic (exact) mass is 251 g/mol. The Morgan fingerprint density at radius 2 is 2.29 bits per heavy atom. The van der Waals surface area contributed by atoms with Crippen molar-refractivity contribution >= 4 is 21.7 Å². The molecule has 0 aliphatic carbocycles. The van der Waals surface area contributed by atoms with Crippen LogP contribution in [0, 0.1) is 18.3 Å². The maximum absolute atomic E-state index is 11.5. The molecule has 0 N–H and O–H groups in total. The molecular weight excluding hydrogens is 242 g/mol. The second-order valence-corrected chi connectivity index (χ2v) is 3.80. The summed E-state index contributed by atoms with van der Waals surface area (Å²) in [5.41, 5.74) is 2.10. The van der Waals surface area contributed by atoms with Gasteiger partial charge in [0.1, 0.15) is 0 Å². The molecule has 0 atom stereocenters. The fraction of sp³-hybridized carbons (Fsp3) is 0.273. The van der Waals surface area contributed by atoms with Gasteiger partial charge in [0.2, 0.25) is 0 Å². The predicted octanol–water partition coefficient (Wildman–Crippen LogP) is 2.83. The number of ketones is 1. The summed E-state index contributed by atoms with van der Waals surface area (Å²) in [5.74, 6) is 0.0679. The number of Topliss-reactive ketones (excluding diaryl/α,β-unsaturated/α-hetero) is 1. The maximum atomic E-state index is 11.5. The van der Waals surface area contributed by atoms with E-state index in [4.69, 9.17) is 5.26 Å². The number of hydrogen-bond donors (Lipinski definition) is 0. The van der Waals surface area contributed by atoms with Crippen molar-refractivity contribution in [1.29, 1.82) is 5.26 Å². The molecule has 0 heterocycles. The first kappa shape index (κ1) is 10.9. The minimum Gasteiger partial charge on any atom is -0.294 e. The van der Waals surface area contributed by atoms with E-state index < -0.39 is 0 Å². The van der Waals surface area contributed by atoms with E-state index in [1.54, 1.807) is 18.2 Å². The third-order valence-electron chi connectivity index (χ3n) is 2.00. The van der Waals surface area contributed by atoms with Crippen LogP contribution in [0.4, 0.5) is 0 Å². The molecule has 1 rings (SSSR count). The van der Waals surface area contributed by atoms with Crippen LogP contribution in [-0.2, 0) is 0 Å². The summed E-state index contributed by atoms with van der Waals surface area (Å²) in [6, 6.07) is 7.29. The van der Waals surface area contributed by atoms with Crippen LogP contribution < -0.4 is 0 Å². The van der Waals surface area contributed by atoms with Crippen LogP contribution in [0.15, 0.2) is 18.2 Å². The normalized spacial score (nSPS) is 9.50. The molecule has 14 heavy (non-hydrogen) atoms. The largest absolute Gasteiger partial charge is 0.294 e. The predicted molar refractivity (Wildman–Crippen MR) is 58.6 cm³/mol. The standard InChI is InChI=1S/C11H10BrNO/c1-8-2-3-9(6-10(8)7-13)11(14)4-5-12/h2-3,6H,4-5H2,1H3. The Morgan fingerprint density at radius 3 is 2.86 bits per heavy atom. The first-order valence-electron chi connectivity index (χ1n) is 4.29. The number of aryl methyl sites for hydroxylation is 1. The number of carbonyl (C=O) groups excluding carboxylic acids is 1. The fourth-order valence-electron chi connectivity index (χ4n) is 1.15. The summed E-state index contributed by atoms with van der Waals surface area (Å²) in [6.07, 6.45) is 0.466. The molecule has 0 radical (unpaired) electrons. The van der Waals surface area contributed by atoms with Crippen LogP contribution in [-0.4, -0.2) is 11.1 Å². The summed E-state index contributed by atoms with van der Waals surface area (Å²) in [6.45, 7) is 1.86. The molecule has 1 aromatic rings. The highest BCUT2D eigenvalue weighted by Gasteiger charge is 2.06. The van der Waals surface area contributed by atoms with Crippen LogP contribution in [0.25, 0.3) is 0 Å². The Labute approximate surface area is 91.7 Å². The van der Waals surface area contributed by atoms with Crippen molar-refractivity contribution in [1.82, 2.24) is 0 Å². The molecule has 0 amide bonds. The van der Waals surface area contributed by atoms with Crippen LogP contribution in [0.5, 0.6) is 0 Å². The van der Waals surface area contributed by atoms with E-state index in [2.05, 4.69) is 22.0 Å². The molecule has 0 saturated heterocycles. The molecule has 0 bridgehead atoms. The van der Waals surface area contributed by atoms with Crippen molar-refractivity contribution in [2.24, 2.45) is 0 Å². The van der Waals surface area contributed by atoms with Gasteiger partial charge >= 0.3 is 0 Å². The molecule has 0 unspecified atom stereocenters. The third kappa shape index (κ3) is 2.43. The van der Waals surface area contributed by atoms with Gasteiger partial charge in [-0.15, -0.1) is 0 Å². The van der Waals surface area contributed by atoms with Gasteiger partial charge in [0.15, 0.2) is 5.78 Å². The van der Waals surface area contributed by atoms with Gasteiger partial charge < -0.3 is 0 Å². The minimum atomic E-state index is 0.0679. The van der Waals surface area contributed by atoms with Crippen LogP contribution in [0.1, 0.15) is 27.9 Å². The lowest BCUT2D eigenvalue weighted by Gasteiger charge is -2.01. The Morgan fingerprint density at radius 1 is 1.57 bits per heavy atom. The summed E-state index contributed by atoms with van der Waals surface area (Å²) in [4.78, 5) is 11.5. The van der Waals surface area contributed by atoms with Crippen LogP contribution >= 0.6 is 15.9 Å². The smallest absolute Gasteiger partial charge is 0.163 e. The number of alkyl halides is 1. The summed E-state index contributed by atoms with van der Waals surface area (Å²) < 4.78 is 0. The highest BCUT2D eigenvalue weighted by molar-refractivity contribution is 9.09. The van der Waals surface area contributed by atoms with Gasteiger partial charge in [-0.25, -0.2) is 0 Å². The lowest BCUT2D eigenvalue weighted by molar-refractivity contribution is 0.0990. The van der Waals surface area contributed by atoms with Gasteiger partial charge in [0.05, 0.1) is 11.6 Å². The Kier molecular flexibility index (Phi) is 3.84. The summed E-state index contributed by atoms with van der Waals surface area (Å²) >= 11 is 3.21. The zero-order valence-electron chi connectivity index (χ0n) is 7.88. The van der Waals surface area contributed by atoms with Crippen LogP contribution in [0.3, 0.4) is 0 Å². The van der Waals surface area contributed by atoms with E-state index in [-0.39, 0.29) is 5.78 Å². The molecule has 0 saturated carbocycles. The molecule has 2 nitrogen and oxygen atoms in total. The number of carbonyl (C=O) groups is 1. The second kappa shape index (κ2) is 4.92. The van der Waals surface area contributed by atoms with E-state index >= 15 is 0 Å². The maximum Gasteiger partial charge on any atom is 0.163 e. The molecule has 0 fully saturated rings. The number of hydrogen-bond acceptors (Lipinski definition) is 2. The topological polar surface area (TPSA) is 40.9 Å². The zero-order valence-corrected chi connectivity index (χ0v) is 9.47. The quantitative estimate of drug-likeness (QED) is 0.613. The molecular formula is C11H10BrNO. The SMILES string of the molecule is Cc1ccc(C(=O)CCBr)cc1C#N. The lowest BCUT2D eigenvalue weighted by atomic mass is 10.0. The average molecular weight is 252 g/mol. The molecule has 0 spiro atoms. The molecule has 0 aromatic heterocycles. The van der Waals surface area contributed by atoms with Gasteiger partial charge in [-0.2, -0.15) is 5.26 Å². The van der Waals surface area contributed by atoms with Gasteiger partial charge in [0.25, 0.3) is 0 Å². The van der Waals surface area contributed by atoms with Gasteiger partial charge in [0, 0.05) is 17.3 Å². The highest BCUT2D eigenvalue weighted by atomic mass is 79.9. The van der Waals surface area contributed by atoms with Gasteiger partial charge in [-0.05, 0) is 18.6 Å². The third-order valence-corrected chi connectivity index (χ3v) is 2.40. The van der Waals surface area contributed by atoms with Crippen molar-refractivity contribution in [3.63, 3.8) is 0 Å². The van der Waals surface area contributed by atoms with Crippen molar-refractivity contribution in [2.45, 2.75) is 13.3 Å². The van der Waals surface area contributed by atoms with Crippen molar-refractivity contribution < 1.29 is 4.79 Å². The molecule has 0 aliphatic rings. The van der Waals surface area contributed by atoms with Crippen LogP contribution in [0.2, 0.25) is 0 Å². The number of benzene rings is 1. The van der Waals surface area contributed by atoms with Crippen molar-refractivity contribution in [3.8, 4) is 6.07 Å². The molecule has 3 heteroatoms. The second-order valence-electron chi connectivity index (χ2n) is 3.00. The summed E-state index contributed by atoms with van der Waals surface area (Å²) in [5, 5.41) is 9.44.